The normalized spacial score (nSPS) is 10.1. The zero-order valence-electron chi connectivity index (χ0n) is 48.2. The number of carbonyl (C=O) groups excluding carboxylic acids is 1. The number of fused-ring (bicyclic) bond motifs is 6. The van der Waals surface area contributed by atoms with Gasteiger partial charge in [-0.2, -0.15) is 31.6 Å². The molecule has 458 valence electrons. The number of methoxy groups -OCH3 is 4. The molecule has 1 amide bonds. The van der Waals surface area contributed by atoms with Crippen molar-refractivity contribution in [3.63, 3.8) is 0 Å². The Kier molecular flexibility index (Phi) is 24.3. The third-order valence-electron chi connectivity index (χ3n) is 11.8. The van der Waals surface area contributed by atoms with Crippen LogP contribution in [0.5, 0.6) is 28.7 Å². The van der Waals surface area contributed by atoms with Crippen molar-refractivity contribution in [1.29, 1.82) is 31.6 Å². The molecule has 0 aliphatic carbocycles. The van der Waals surface area contributed by atoms with E-state index in [9.17, 15) is 13.6 Å². The summed E-state index contributed by atoms with van der Waals surface area (Å²) in [7, 11) is 5.92. The fourth-order valence-electron chi connectivity index (χ4n) is 7.65. The number of aromatic nitrogens is 6. The van der Waals surface area contributed by atoms with E-state index in [0.29, 0.717) is 70.2 Å². The van der Waals surface area contributed by atoms with Crippen molar-refractivity contribution < 1.29 is 42.0 Å². The first kappa shape index (κ1) is 67.7. The third-order valence-corrected chi connectivity index (χ3v) is 18.4. The Morgan fingerprint density at radius 1 is 0.500 bits per heavy atom. The molecule has 1 N–H and O–H groups in total. The summed E-state index contributed by atoms with van der Waals surface area (Å²) in [5.74, 6) is 1.55. The van der Waals surface area contributed by atoms with E-state index in [1.807, 2.05) is 66.7 Å². The quantitative estimate of drug-likeness (QED) is 0.0675. The Bertz CT molecular complexity index is 4950. The summed E-state index contributed by atoms with van der Waals surface area (Å²) < 4.78 is 62.2. The summed E-state index contributed by atoms with van der Waals surface area (Å²) in [5, 5.41) is 57.5. The highest BCUT2D eigenvalue weighted by Crippen LogP contribution is 2.35. The maximum Gasteiger partial charge on any atom is 0.211 e. The highest BCUT2D eigenvalue weighted by atomic mass is 35.5. The summed E-state index contributed by atoms with van der Waals surface area (Å²) >= 11 is 15.2. The van der Waals surface area contributed by atoms with Gasteiger partial charge in [0.1, 0.15) is 60.3 Å². The monoisotopic (exact) mass is 1380 g/mol. The van der Waals surface area contributed by atoms with Crippen LogP contribution < -0.4 is 29.0 Å². The van der Waals surface area contributed by atoms with E-state index in [2.05, 4.69) is 71.8 Å². The largest absolute Gasteiger partial charge is 0.495 e. The molecule has 0 spiro atoms. The Hall–Kier alpha value is -10.3. The van der Waals surface area contributed by atoms with E-state index in [4.69, 9.17) is 71.6 Å². The number of benzene rings is 7. The lowest BCUT2D eigenvalue weighted by Crippen LogP contribution is -1.98. The van der Waals surface area contributed by atoms with Crippen LogP contribution in [0.15, 0.2) is 120 Å². The fourth-order valence-corrected chi connectivity index (χ4v) is 13.0. The molecule has 0 aliphatic rings. The molecule has 0 radical (unpaired) electrons. The molecule has 0 unspecified atom stereocenters. The average Bonchev–Trinajstić information content (AvgIpc) is 2.16. The van der Waals surface area contributed by atoms with Crippen LogP contribution >= 0.6 is 91.4 Å². The molecule has 0 atom stereocenters. The topological polar surface area (TPSA) is 305 Å². The molecular formula is C62H40ClF2N13O7S7. The number of nitriles is 6. The number of thiazole rings is 6. The van der Waals surface area contributed by atoms with Gasteiger partial charge in [-0.1, -0.05) is 23.7 Å². The number of amides is 1. The van der Waals surface area contributed by atoms with Gasteiger partial charge in [-0.05, 0) is 96.7 Å². The number of rotatable bonds is 12. The predicted octanol–water partition coefficient (Wildman–Crippen LogP) is 15.8. The molecule has 7 aromatic carbocycles. The number of halogens is 3. The van der Waals surface area contributed by atoms with E-state index < -0.39 is 11.6 Å². The van der Waals surface area contributed by atoms with Crippen molar-refractivity contribution in [1.82, 2.24) is 29.9 Å². The number of hydrogen-bond donors (Lipinski definition) is 1. The second-order valence-corrected chi connectivity index (χ2v) is 25.0. The van der Waals surface area contributed by atoms with Crippen molar-refractivity contribution >= 4 is 165 Å². The van der Waals surface area contributed by atoms with Gasteiger partial charge in [0.05, 0.1) is 87.7 Å². The van der Waals surface area contributed by atoms with Gasteiger partial charge in [-0.3, -0.25) is 4.79 Å². The van der Waals surface area contributed by atoms with Gasteiger partial charge in [0.15, 0.2) is 60.0 Å². The van der Waals surface area contributed by atoms with Crippen LogP contribution in [0.4, 0.5) is 14.5 Å². The average molecular weight is 1380 g/mol. The van der Waals surface area contributed by atoms with Crippen molar-refractivity contribution in [2.75, 3.05) is 46.8 Å². The Balaban J connectivity index is 0.000000143. The minimum atomic E-state index is -0.463. The maximum absolute atomic E-state index is 13.6. The molecular weight excluding hydrogens is 1340 g/mol. The van der Waals surface area contributed by atoms with Crippen LogP contribution in [-0.4, -0.2) is 77.8 Å². The first-order valence-electron chi connectivity index (χ1n) is 25.8. The minimum Gasteiger partial charge on any atom is -0.495 e. The van der Waals surface area contributed by atoms with Gasteiger partial charge in [-0.25, -0.2) is 38.7 Å². The molecule has 0 saturated carbocycles. The SMILES string of the molecule is COCOc1ccc2nc(C#N)sc2c1.COc1cc2sc(C#N)nc2cc1Cl.COc1cc2sc(C#N)nc2cc1F.COc1ccc2nc(C#N)sc2c1F.CSc1ccc(COc2ccc3nc(C#N)sc3c2)cc1.N#Cc1nc2ccc(NC=O)cc2s1. The molecule has 0 fully saturated rings. The predicted molar refractivity (Wildman–Crippen MR) is 355 cm³/mol. The summed E-state index contributed by atoms with van der Waals surface area (Å²) in [6.07, 6.45) is 2.68. The number of ether oxygens (including phenoxy) is 6. The summed E-state index contributed by atoms with van der Waals surface area (Å²) in [5.41, 5.74) is 6.00. The van der Waals surface area contributed by atoms with Gasteiger partial charge >= 0.3 is 0 Å². The van der Waals surface area contributed by atoms with E-state index in [-0.39, 0.29) is 23.3 Å². The number of anilines is 1. The minimum absolute atomic E-state index is 0.172. The number of thioether (sulfide) groups is 1. The smallest absolute Gasteiger partial charge is 0.211 e. The Morgan fingerprint density at radius 2 is 0.935 bits per heavy atom. The molecule has 6 heterocycles. The van der Waals surface area contributed by atoms with Crippen LogP contribution in [0.2, 0.25) is 5.02 Å². The van der Waals surface area contributed by atoms with Crippen LogP contribution in [0.25, 0.3) is 61.3 Å². The first-order chi connectivity index (χ1) is 44.7. The van der Waals surface area contributed by atoms with Crippen LogP contribution in [0, 0.1) is 79.6 Å². The third kappa shape index (κ3) is 17.6. The van der Waals surface area contributed by atoms with Gasteiger partial charge in [0.25, 0.3) is 0 Å². The summed E-state index contributed by atoms with van der Waals surface area (Å²) in [6, 6.07) is 46.2. The van der Waals surface area contributed by atoms with Crippen molar-refractivity contribution in [3.8, 4) is 65.2 Å². The van der Waals surface area contributed by atoms with Crippen LogP contribution in [0.1, 0.15) is 35.6 Å². The molecule has 13 rings (SSSR count). The second kappa shape index (κ2) is 33.0. The molecule has 20 nitrogen and oxygen atoms in total. The lowest BCUT2D eigenvalue weighted by atomic mass is 10.2. The standard InChI is InChI=1S/C16H12N2OS2.C10H8N2O2S.C9H5ClN2OS.2C9H5FN2OS.C9H5N3OS/c1-20-13-5-2-11(3-6-13)10-19-12-4-7-14-15(8-12)21-16(9-17)18-14;1-13-6-14-7-2-3-8-9(4-7)15-10(5-11)12-8;2*1-13-7-3-8-6(2-5(7)10)12-9(4-11)14-8;1-13-6-3-2-5-9(8(6)10)14-7(4-11)12-5;10-4-9-12-7-2-1-6(11-5-13)3-8(7)14-9/h2-8H,10H2,1H3;2-4H,6H2,1H3;3*2-3H,1H3;1-3,5H,(H,11,13). The van der Waals surface area contributed by atoms with Crippen LogP contribution in [0.3, 0.4) is 0 Å². The Labute approximate surface area is 555 Å². The van der Waals surface area contributed by atoms with Gasteiger partial charge in [-0.15, -0.1) is 79.8 Å². The number of carbonyl (C=O) groups is 1. The van der Waals surface area contributed by atoms with E-state index in [0.717, 1.165) is 74.0 Å². The lowest BCUT2D eigenvalue weighted by molar-refractivity contribution is -0.105. The number of nitrogens with one attached hydrogen (secondary N) is 1. The van der Waals surface area contributed by atoms with E-state index in [1.165, 1.54) is 87.9 Å². The molecule has 30 heteroatoms. The highest BCUT2D eigenvalue weighted by Gasteiger charge is 2.14. The lowest BCUT2D eigenvalue weighted by Gasteiger charge is -2.06. The van der Waals surface area contributed by atoms with Gasteiger partial charge in [0, 0.05) is 35.9 Å². The zero-order valence-corrected chi connectivity index (χ0v) is 54.6. The zero-order chi connectivity index (χ0) is 65.7. The first-order valence-corrected chi connectivity index (χ1v) is 32.3. The van der Waals surface area contributed by atoms with Gasteiger partial charge in [0.2, 0.25) is 6.41 Å². The van der Waals surface area contributed by atoms with Crippen molar-refractivity contribution in [2.24, 2.45) is 0 Å². The van der Waals surface area contributed by atoms with E-state index in [1.54, 1.807) is 68.4 Å². The summed E-state index contributed by atoms with van der Waals surface area (Å²) in [4.78, 5) is 35.8. The highest BCUT2D eigenvalue weighted by molar-refractivity contribution is 7.98. The Morgan fingerprint density at radius 3 is 1.42 bits per heavy atom. The van der Waals surface area contributed by atoms with Crippen LogP contribution in [-0.2, 0) is 16.1 Å². The summed E-state index contributed by atoms with van der Waals surface area (Å²) in [6.45, 7) is 0.750. The maximum atomic E-state index is 13.6. The molecule has 0 saturated heterocycles. The fraction of sp³-hybridized carbons (Fsp3) is 0.113. The van der Waals surface area contributed by atoms with E-state index >= 15 is 0 Å². The number of hydrogen-bond acceptors (Lipinski definition) is 26. The molecule has 13 aromatic rings. The van der Waals surface area contributed by atoms with Crippen molar-refractivity contribution in [3.05, 3.63) is 168 Å². The molecule has 6 aromatic heterocycles. The van der Waals surface area contributed by atoms with Crippen molar-refractivity contribution in [2.45, 2.75) is 11.5 Å². The second-order valence-electron chi connectivity index (χ2n) is 17.5. The molecule has 0 aliphatic heterocycles. The molecule has 92 heavy (non-hydrogen) atoms. The number of nitrogens with zero attached hydrogens (tertiary/aromatic N) is 12. The molecule has 0 bridgehead atoms. The van der Waals surface area contributed by atoms with Gasteiger partial charge < -0.3 is 33.7 Å².